The number of nitrogens with zero attached hydrogens (tertiary/aromatic N) is 1. The highest BCUT2D eigenvalue weighted by Gasteiger charge is 2.70. The molecular weight excluding hydrogens is 220 g/mol. The van der Waals surface area contributed by atoms with Gasteiger partial charge in [-0.3, -0.25) is 4.90 Å². The van der Waals surface area contributed by atoms with Crippen molar-refractivity contribution in [2.24, 2.45) is 17.6 Å². The van der Waals surface area contributed by atoms with Crippen molar-refractivity contribution < 1.29 is 14.6 Å². The first-order chi connectivity index (χ1) is 7.99. The molecule has 6 atom stereocenters. The number of hydrogen-bond donors (Lipinski definition) is 2. The molecule has 2 fully saturated rings. The van der Waals surface area contributed by atoms with E-state index in [9.17, 15) is 5.11 Å². The molecule has 0 spiro atoms. The summed E-state index contributed by atoms with van der Waals surface area (Å²) in [4.78, 5) is 1.87. The van der Waals surface area contributed by atoms with Gasteiger partial charge in [-0.2, -0.15) is 0 Å². The summed E-state index contributed by atoms with van der Waals surface area (Å²) in [6.07, 6.45) is 3.39. The van der Waals surface area contributed by atoms with Gasteiger partial charge in [-0.05, 0) is 14.0 Å². The van der Waals surface area contributed by atoms with Crippen LogP contribution in [0.3, 0.4) is 0 Å². The Kier molecular flexibility index (Phi) is 2.26. The molecule has 0 aliphatic carbocycles. The highest BCUT2D eigenvalue weighted by Crippen LogP contribution is 2.59. The largest absolute Gasteiger partial charge is 0.378 e. The van der Waals surface area contributed by atoms with Crippen molar-refractivity contribution in [1.82, 2.24) is 4.90 Å². The quantitative estimate of drug-likeness (QED) is 0.638. The van der Waals surface area contributed by atoms with Gasteiger partial charge < -0.3 is 20.3 Å². The van der Waals surface area contributed by atoms with E-state index in [4.69, 9.17) is 15.2 Å². The molecule has 0 amide bonds. The molecule has 0 radical (unpaired) electrons. The highest BCUT2D eigenvalue weighted by molar-refractivity contribution is 5.32. The smallest absolute Gasteiger partial charge is 0.118 e. The minimum atomic E-state index is -0.548. The summed E-state index contributed by atoms with van der Waals surface area (Å²) >= 11 is 0. The van der Waals surface area contributed by atoms with E-state index in [-0.39, 0.29) is 18.1 Å². The van der Waals surface area contributed by atoms with Crippen LogP contribution < -0.4 is 5.73 Å². The van der Waals surface area contributed by atoms with Crippen LogP contribution >= 0.6 is 0 Å². The van der Waals surface area contributed by atoms with Crippen LogP contribution in [0.5, 0.6) is 0 Å². The van der Waals surface area contributed by atoms with E-state index in [0.717, 1.165) is 0 Å². The van der Waals surface area contributed by atoms with Crippen LogP contribution in [0.1, 0.15) is 6.92 Å². The SMILES string of the molecule is COC1C2C(C(O)N1C)C1(C)C=CC2(CN)O1. The molecule has 2 bridgehead atoms. The van der Waals surface area contributed by atoms with Crippen LogP contribution in [-0.2, 0) is 9.47 Å². The molecule has 3 aliphatic heterocycles. The van der Waals surface area contributed by atoms with Crippen LogP contribution in [-0.4, -0.2) is 54.4 Å². The van der Waals surface area contributed by atoms with Crippen molar-refractivity contribution in [3.63, 3.8) is 0 Å². The molecule has 5 nitrogen and oxygen atoms in total. The van der Waals surface area contributed by atoms with Crippen molar-refractivity contribution in [3.05, 3.63) is 12.2 Å². The number of nitrogens with two attached hydrogens (primary N) is 1. The van der Waals surface area contributed by atoms with Gasteiger partial charge in [0.15, 0.2) is 0 Å². The van der Waals surface area contributed by atoms with E-state index in [1.165, 1.54) is 0 Å². The molecule has 6 unspecified atom stereocenters. The van der Waals surface area contributed by atoms with Gasteiger partial charge in [-0.1, -0.05) is 12.2 Å². The first-order valence-electron chi connectivity index (χ1n) is 6.02. The molecule has 0 aromatic rings. The Morgan fingerprint density at radius 1 is 1.47 bits per heavy atom. The third kappa shape index (κ3) is 1.16. The average Bonchev–Trinajstić information content (AvgIpc) is 2.87. The summed E-state index contributed by atoms with van der Waals surface area (Å²) in [5.74, 6) is 0.110. The van der Waals surface area contributed by atoms with Crippen LogP contribution in [0.15, 0.2) is 12.2 Å². The zero-order valence-electron chi connectivity index (χ0n) is 10.5. The van der Waals surface area contributed by atoms with Gasteiger partial charge in [0.05, 0.1) is 5.60 Å². The number of aliphatic hydroxyl groups excluding tert-OH is 1. The first-order valence-corrected chi connectivity index (χ1v) is 6.02. The van der Waals surface area contributed by atoms with Gasteiger partial charge >= 0.3 is 0 Å². The highest BCUT2D eigenvalue weighted by atomic mass is 16.6. The molecular formula is C12H20N2O3. The molecule has 0 saturated carbocycles. The minimum Gasteiger partial charge on any atom is -0.378 e. The van der Waals surface area contributed by atoms with Crippen LogP contribution in [0.2, 0.25) is 0 Å². The summed E-state index contributed by atoms with van der Waals surface area (Å²) in [5.41, 5.74) is 4.99. The summed E-state index contributed by atoms with van der Waals surface area (Å²) in [7, 11) is 3.54. The normalized spacial score (nSPS) is 56.8. The maximum atomic E-state index is 10.4. The average molecular weight is 240 g/mol. The lowest BCUT2D eigenvalue weighted by molar-refractivity contribution is -0.130. The number of fused-ring (bicyclic) bond motifs is 5. The van der Waals surface area contributed by atoms with Gasteiger partial charge in [-0.25, -0.2) is 0 Å². The molecule has 96 valence electrons. The lowest BCUT2D eigenvalue weighted by Crippen LogP contribution is -2.48. The van der Waals surface area contributed by atoms with E-state index in [1.54, 1.807) is 7.11 Å². The fourth-order valence-electron chi connectivity index (χ4n) is 3.92. The van der Waals surface area contributed by atoms with Crippen molar-refractivity contribution in [2.75, 3.05) is 20.7 Å². The molecule has 17 heavy (non-hydrogen) atoms. The molecule has 3 heterocycles. The Balaban J connectivity index is 2.08. The molecule has 0 aromatic carbocycles. The third-order valence-corrected chi connectivity index (χ3v) is 4.73. The lowest BCUT2D eigenvalue weighted by Gasteiger charge is -2.33. The molecule has 3 aliphatic rings. The van der Waals surface area contributed by atoms with Crippen molar-refractivity contribution in [3.8, 4) is 0 Å². The van der Waals surface area contributed by atoms with Gasteiger partial charge in [0, 0.05) is 25.5 Å². The van der Waals surface area contributed by atoms with Crippen LogP contribution in [0, 0.1) is 11.8 Å². The zero-order valence-corrected chi connectivity index (χ0v) is 10.5. The zero-order chi connectivity index (χ0) is 12.4. The number of rotatable bonds is 2. The topological polar surface area (TPSA) is 68.0 Å². The number of ether oxygens (including phenoxy) is 2. The summed E-state index contributed by atoms with van der Waals surface area (Å²) in [6.45, 7) is 2.43. The van der Waals surface area contributed by atoms with Crippen LogP contribution in [0.25, 0.3) is 0 Å². The Morgan fingerprint density at radius 3 is 2.76 bits per heavy atom. The predicted molar refractivity (Wildman–Crippen MR) is 62.0 cm³/mol. The maximum absolute atomic E-state index is 10.4. The first kappa shape index (κ1) is 11.6. The third-order valence-electron chi connectivity index (χ3n) is 4.73. The van der Waals surface area contributed by atoms with Crippen LogP contribution in [0.4, 0.5) is 0 Å². The van der Waals surface area contributed by atoms with Crippen molar-refractivity contribution in [1.29, 1.82) is 0 Å². The van der Waals surface area contributed by atoms with E-state index in [2.05, 4.69) is 0 Å². The number of likely N-dealkylation sites (tertiary alicyclic amines) is 1. The van der Waals surface area contributed by atoms with Gasteiger partial charge in [0.1, 0.15) is 18.1 Å². The predicted octanol–water partition coefficient (Wildman–Crippen LogP) is -0.489. The second kappa shape index (κ2) is 3.30. The van der Waals surface area contributed by atoms with E-state index >= 15 is 0 Å². The minimum absolute atomic E-state index is 0.0194. The van der Waals surface area contributed by atoms with Gasteiger partial charge in [-0.15, -0.1) is 0 Å². The summed E-state index contributed by atoms with van der Waals surface area (Å²) in [5, 5.41) is 10.4. The van der Waals surface area contributed by atoms with E-state index in [1.807, 2.05) is 31.0 Å². The Labute approximate surface area is 101 Å². The molecule has 3 rings (SSSR count). The van der Waals surface area contributed by atoms with Gasteiger partial charge in [0.25, 0.3) is 0 Å². The Bertz CT molecular complexity index is 375. The lowest BCUT2D eigenvalue weighted by atomic mass is 9.72. The standard InChI is InChI=1S/C12H20N2O3/c1-11-4-5-12(6-13,17-11)8-7(11)9(15)14(2)10(8)16-3/h4-5,7-10,15H,6,13H2,1-3H3. The Morgan fingerprint density at radius 2 is 2.18 bits per heavy atom. The Hall–Kier alpha value is -0.460. The van der Waals surface area contributed by atoms with Crippen molar-refractivity contribution >= 4 is 0 Å². The second-order valence-electron chi connectivity index (χ2n) is 5.54. The molecule has 5 heteroatoms. The molecule has 3 N–H and O–H groups in total. The second-order valence-corrected chi connectivity index (χ2v) is 5.54. The fourth-order valence-corrected chi connectivity index (χ4v) is 3.92. The number of methoxy groups -OCH3 is 1. The van der Waals surface area contributed by atoms with Crippen molar-refractivity contribution in [2.45, 2.75) is 30.6 Å². The molecule has 2 saturated heterocycles. The summed E-state index contributed by atoms with van der Waals surface area (Å²) < 4.78 is 11.6. The number of hydrogen-bond acceptors (Lipinski definition) is 5. The van der Waals surface area contributed by atoms with E-state index in [0.29, 0.717) is 6.54 Å². The fraction of sp³-hybridized carbons (Fsp3) is 0.833. The molecule has 0 aromatic heterocycles. The maximum Gasteiger partial charge on any atom is 0.118 e. The van der Waals surface area contributed by atoms with Gasteiger partial charge in [0.2, 0.25) is 0 Å². The summed E-state index contributed by atoms with van der Waals surface area (Å²) in [6, 6.07) is 0. The van der Waals surface area contributed by atoms with E-state index < -0.39 is 17.4 Å². The number of aliphatic hydroxyl groups is 1. The monoisotopic (exact) mass is 240 g/mol.